The van der Waals surface area contributed by atoms with Gasteiger partial charge in [-0.05, 0) is 12.1 Å². The first kappa shape index (κ1) is 13.1. The van der Waals surface area contributed by atoms with Crippen LogP contribution in [0.2, 0.25) is 0 Å². The largest absolute Gasteiger partial charge is 0.435 e. The highest BCUT2D eigenvalue weighted by molar-refractivity contribution is 7.16. The van der Waals surface area contributed by atoms with E-state index in [9.17, 15) is 8.78 Å². The molecule has 3 heterocycles. The molecule has 0 saturated heterocycles. The number of anilines is 1. The zero-order chi connectivity index (χ0) is 15.5. The van der Waals surface area contributed by atoms with Crippen LogP contribution in [0.15, 0.2) is 28.8 Å². The Balaban J connectivity index is 1.92. The Kier molecular flexibility index (Phi) is 2.52. The van der Waals surface area contributed by atoms with Crippen molar-refractivity contribution in [3.05, 3.63) is 29.4 Å². The minimum absolute atomic E-state index is 0.233. The van der Waals surface area contributed by atoms with Gasteiger partial charge in [-0.1, -0.05) is 17.4 Å². The number of nitrogens with zero attached hydrogens (tertiary/aromatic N) is 4. The van der Waals surface area contributed by atoms with E-state index in [4.69, 9.17) is 10.2 Å². The van der Waals surface area contributed by atoms with Crippen molar-refractivity contribution in [2.45, 2.75) is 12.8 Å². The van der Waals surface area contributed by atoms with Crippen LogP contribution in [0.1, 0.15) is 11.9 Å². The lowest BCUT2D eigenvalue weighted by molar-refractivity contribution is 0.0163. The quantitative estimate of drug-likeness (QED) is 0.573. The molecule has 0 amide bonds. The van der Waals surface area contributed by atoms with Crippen LogP contribution in [-0.4, -0.2) is 19.6 Å². The third kappa shape index (κ3) is 1.86. The molecule has 0 aliphatic heterocycles. The first-order chi connectivity index (χ1) is 10.4. The number of aromatic nitrogens is 4. The summed E-state index contributed by atoms with van der Waals surface area (Å²) >= 11 is 0.826. The summed E-state index contributed by atoms with van der Waals surface area (Å²) in [7, 11) is 0. The number of alkyl halides is 2. The van der Waals surface area contributed by atoms with Gasteiger partial charge in [-0.15, -0.1) is 0 Å². The van der Waals surface area contributed by atoms with E-state index in [2.05, 4.69) is 15.1 Å². The van der Waals surface area contributed by atoms with E-state index in [0.717, 1.165) is 18.3 Å². The van der Waals surface area contributed by atoms with Crippen molar-refractivity contribution in [2.24, 2.45) is 0 Å². The van der Waals surface area contributed by atoms with Gasteiger partial charge in [0.2, 0.25) is 10.9 Å². The van der Waals surface area contributed by atoms with E-state index >= 15 is 0 Å². The maximum absolute atomic E-state index is 13.4. The van der Waals surface area contributed by atoms with Gasteiger partial charge in [-0.25, -0.2) is 9.97 Å². The van der Waals surface area contributed by atoms with Gasteiger partial charge >= 0.3 is 0 Å². The van der Waals surface area contributed by atoms with Crippen molar-refractivity contribution in [3.8, 4) is 11.6 Å². The van der Waals surface area contributed by atoms with Gasteiger partial charge in [0.05, 0.1) is 11.9 Å². The number of rotatable bonds is 2. The molecular formula is C13H9F2N5OS. The lowest BCUT2D eigenvalue weighted by Crippen LogP contribution is -2.07. The number of hydrogen-bond acceptors (Lipinski definition) is 6. The maximum Gasteiger partial charge on any atom is 0.298 e. The lowest BCUT2D eigenvalue weighted by Gasteiger charge is -2.02. The summed E-state index contributed by atoms with van der Waals surface area (Å²) in [5.41, 5.74) is 7.75. The fraction of sp³-hybridized carbons (Fsp3) is 0.154. The van der Waals surface area contributed by atoms with Gasteiger partial charge in [0, 0.05) is 6.92 Å². The second kappa shape index (κ2) is 4.23. The highest BCUT2D eigenvalue weighted by Crippen LogP contribution is 2.33. The van der Waals surface area contributed by atoms with E-state index in [0.29, 0.717) is 27.4 Å². The number of nitrogen functional groups attached to an aromatic ring is 1. The maximum atomic E-state index is 13.4. The molecule has 112 valence electrons. The van der Waals surface area contributed by atoms with Gasteiger partial charge in [0.15, 0.2) is 10.6 Å². The molecule has 3 aromatic heterocycles. The van der Waals surface area contributed by atoms with Gasteiger partial charge < -0.3 is 10.2 Å². The molecule has 2 N–H and O–H groups in total. The van der Waals surface area contributed by atoms with Gasteiger partial charge in [0.1, 0.15) is 11.2 Å². The monoisotopic (exact) mass is 321 g/mol. The van der Waals surface area contributed by atoms with Crippen LogP contribution in [0.5, 0.6) is 0 Å². The smallest absolute Gasteiger partial charge is 0.298 e. The third-order valence-corrected chi connectivity index (χ3v) is 4.22. The van der Waals surface area contributed by atoms with Crippen LogP contribution in [0, 0.1) is 0 Å². The normalized spacial score (nSPS) is 12.5. The molecular weight excluding hydrogens is 312 g/mol. The predicted octanol–water partition coefficient (Wildman–Crippen LogP) is 3.29. The number of fused-ring (bicyclic) bond motifs is 2. The van der Waals surface area contributed by atoms with Crippen molar-refractivity contribution < 1.29 is 13.2 Å². The first-order valence-corrected chi connectivity index (χ1v) is 7.13. The summed E-state index contributed by atoms with van der Waals surface area (Å²) in [6.45, 7) is 0.797. The number of hydrogen-bond donors (Lipinski definition) is 1. The summed E-state index contributed by atoms with van der Waals surface area (Å²) < 4.78 is 33.7. The summed E-state index contributed by atoms with van der Waals surface area (Å²) in [5.74, 6) is -2.79. The second-order valence-corrected chi connectivity index (χ2v) is 5.80. The van der Waals surface area contributed by atoms with Gasteiger partial charge in [-0.2, -0.15) is 18.4 Å². The van der Waals surface area contributed by atoms with Crippen molar-refractivity contribution >= 4 is 33.1 Å². The number of benzene rings is 1. The Labute approximate surface area is 126 Å². The molecule has 0 saturated carbocycles. The average molecular weight is 321 g/mol. The molecule has 0 radical (unpaired) electrons. The number of halogens is 2. The molecule has 0 atom stereocenters. The molecule has 4 aromatic rings. The number of para-hydroxylation sites is 1. The topological polar surface area (TPSA) is 82.2 Å². The molecule has 0 aliphatic rings. The van der Waals surface area contributed by atoms with Crippen molar-refractivity contribution in [1.82, 2.24) is 19.6 Å². The summed E-state index contributed by atoms with van der Waals surface area (Å²) in [5, 5.41) is 3.59. The Hall–Kier alpha value is -2.55. The molecule has 4 rings (SSSR count). The van der Waals surface area contributed by atoms with Crippen LogP contribution in [0.4, 0.5) is 14.5 Å². The van der Waals surface area contributed by atoms with E-state index < -0.39 is 5.92 Å². The lowest BCUT2D eigenvalue weighted by atomic mass is 10.3. The fourth-order valence-electron chi connectivity index (χ4n) is 2.10. The number of imidazole rings is 1. The Morgan fingerprint density at radius 3 is 2.91 bits per heavy atom. The zero-order valence-corrected chi connectivity index (χ0v) is 12.1. The van der Waals surface area contributed by atoms with E-state index in [1.165, 1.54) is 10.7 Å². The minimum atomic E-state index is -3.02. The van der Waals surface area contributed by atoms with E-state index in [1.807, 2.05) is 0 Å². The number of oxazole rings is 1. The van der Waals surface area contributed by atoms with E-state index in [1.54, 1.807) is 18.2 Å². The molecule has 22 heavy (non-hydrogen) atoms. The van der Waals surface area contributed by atoms with E-state index in [-0.39, 0.29) is 10.9 Å². The molecule has 0 spiro atoms. The minimum Gasteiger partial charge on any atom is -0.435 e. The first-order valence-electron chi connectivity index (χ1n) is 6.32. The fourth-order valence-corrected chi connectivity index (χ4v) is 2.90. The highest BCUT2D eigenvalue weighted by Gasteiger charge is 2.30. The van der Waals surface area contributed by atoms with Crippen LogP contribution in [0.25, 0.3) is 27.6 Å². The third-order valence-electron chi connectivity index (χ3n) is 3.13. The Bertz CT molecular complexity index is 997. The number of nitrogens with two attached hydrogens (primary N) is 1. The van der Waals surface area contributed by atoms with Crippen LogP contribution >= 0.6 is 11.3 Å². The zero-order valence-electron chi connectivity index (χ0n) is 11.2. The van der Waals surface area contributed by atoms with Crippen LogP contribution < -0.4 is 5.73 Å². The van der Waals surface area contributed by atoms with Crippen molar-refractivity contribution in [3.63, 3.8) is 0 Å². The van der Waals surface area contributed by atoms with Crippen LogP contribution in [0.3, 0.4) is 0 Å². The van der Waals surface area contributed by atoms with Crippen molar-refractivity contribution in [1.29, 1.82) is 0 Å². The van der Waals surface area contributed by atoms with Gasteiger partial charge in [-0.3, -0.25) is 0 Å². The molecule has 0 unspecified atom stereocenters. The molecule has 9 heteroatoms. The Morgan fingerprint density at radius 2 is 2.18 bits per heavy atom. The summed E-state index contributed by atoms with van der Waals surface area (Å²) in [4.78, 5) is 8.73. The average Bonchev–Trinajstić information content (AvgIpc) is 3.09. The molecule has 1 aromatic carbocycles. The SMILES string of the molecule is CC(F)(F)c1nn2c(-c3nc4c(N)cccc4o3)cnc2s1. The predicted molar refractivity (Wildman–Crippen MR) is 77.8 cm³/mol. The Morgan fingerprint density at radius 1 is 1.36 bits per heavy atom. The van der Waals surface area contributed by atoms with Crippen molar-refractivity contribution in [2.75, 3.05) is 5.73 Å². The second-order valence-electron chi connectivity index (χ2n) is 4.85. The summed E-state index contributed by atoms with van der Waals surface area (Å²) in [6, 6.07) is 5.18. The molecule has 0 bridgehead atoms. The molecule has 0 aliphatic carbocycles. The molecule has 0 fully saturated rings. The van der Waals surface area contributed by atoms with Crippen LogP contribution in [-0.2, 0) is 5.92 Å². The van der Waals surface area contributed by atoms with Gasteiger partial charge in [0.25, 0.3) is 5.92 Å². The highest BCUT2D eigenvalue weighted by atomic mass is 32.1. The summed E-state index contributed by atoms with van der Waals surface area (Å²) in [6.07, 6.45) is 1.48. The molecule has 6 nitrogen and oxygen atoms in total. The standard InChI is InChI=1S/C13H9F2N5OS/c1-13(14,15)11-19-20-7(5-17-12(20)22-11)10-18-9-6(16)3-2-4-8(9)21-10/h2-5H,16H2,1H3.